The molecule has 0 radical (unpaired) electrons. The van der Waals surface area contributed by atoms with Gasteiger partial charge in [-0.3, -0.25) is 14.9 Å². The zero-order chi connectivity index (χ0) is 27.8. The zero-order valence-electron chi connectivity index (χ0n) is 22.9. The van der Waals surface area contributed by atoms with Crippen LogP contribution in [0.1, 0.15) is 64.1 Å². The molecule has 41 heavy (non-hydrogen) atoms. The van der Waals surface area contributed by atoms with Crippen LogP contribution in [0.5, 0.6) is 0 Å². The number of ketones is 1. The molecule has 0 amide bonds. The summed E-state index contributed by atoms with van der Waals surface area (Å²) in [7, 11) is 0. The Morgan fingerprint density at radius 1 is 1.07 bits per heavy atom. The monoisotopic (exact) mass is 561 g/mol. The largest absolute Gasteiger partial charge is 0.338 e. The molecule has 8 nitrogen and oxygen atoms in total. The van der Waals surface area contributed by atoms with Gasteiger partial charge in [-0.2, -0.15) is 5.10 Å². The van der Waals surface area contributed by atoms with Gasteiger partial charge in [0.25, 0.3) is 0 Å². The van der Waals surface area contributed by atoms with Crippen LogP contribution in [0.15, 0.2) is 59.6 Å². The molecule has 0 unspecified atom stereocenters. The molecule has 4 aromatic heterocycles. The molecule has 1 fully saturated rings. The molecule has 0 spiro atoms. The topological polar surface area (TPSA) is 112 Å². The number of pyridine rings is 1. The van der Waals surface area contributed by atoms with Gasteiger partial charge >= 0.3 is 0 Å². The van der Waals surface area contributed by atoms with E-state index in [1.807, 2.05) is 30.3 Å². The van der Waals surface area contributed by atoms with Gasteiger partial charge in [-0.15, -0.1) is 11.3 Å². The quantitative estimate of drug-likeness (QED) is 0.185. The molecule has 1 aliphatic carbocycles. The summed E-state index contributed by atoms with van der Waals surface area (Å²) in [5.41, 5.74) is 8.17. The van der Waals surface area contributed by atoms with E-state index in [2.05, 4.69) is 49.8 Å². The standard InChI is InChI=1S/C32H31N7OS/c1-19(40)27-11-12-28(41-27)23-13-14-33-18-26-29(23)37-32(36-26)31-30-25(38-39-31)10-9-24(35-30)22-8-4-7-21(15-22)17-34-16-20-5-2-3-6-20/h4,7-15,20,34H,2-3,5-6,16-18H2,1H3,(H,36,37)(H,38,39). The highest BCUT2D eigenvalue weighted by Crippen LogP contribution is 2.34. The maximum Gasteiger partial charge on any atom is 0.169 e. The van der Waals surface area contributed by atoms with Gasteiger partial charge in [0.05, 0.1) is 34.0 Å². The van der Waals surface area contributed by atoms with Crippen molar-refractivity contribution < 1.29 is 4.79 Å². The summed E-state index contributed by atoms with van der Waals surface area (Å²) in [6.07, 6.45) is 9.20. The number of rotatable bonds is 8. The Morgan fingerprint density at radius 3 is 2.83 bits per heavy atom. The van der Waals surface area contributed by atoms with Crippen LogP contribution in [-0.2, 0) is 13.1 Å². The lowest BCUT2D eigenvalue weighted by Gasteiger charge is -2.11. The molecule has 0 saturated heterocycles. The van der Waals surface area contributed by atoms with Crippen molar-refractivity contribution in [2.45, 2.75) is 45.7 Å². The minimum atomic E-state index is 0.0582. The lowest BCUT2D eigenvalue weighted by Crippen LogP contribution is -2.20. The van der Waals surface area contributed by atoms with Gasteiger partial charge in [-0.05, 0) is 74.2 Å². The van der Waals surface area contributed by atoms with Gasteiger partial charge in [0.15, 0.2) is 17.3 Å². The fourth-order valence-corrected chi connectivity index (χ4v) is 6.71. The van der Waals surface area contributed by atoms with Crippen molar-refractivity contribution in [3.8, 4) is 22.8 Å². The first-order valence-electron chi connectivity index (χ1n) is 14.2. The van der Waals surface area contributed by atoms with Crippen molar-refractivity contribution in [1.29, 1.82) is 0 Å². The maximum atomic E-state index is 11.9. The van der Waals surface area contributed by atoms with E-state index >= 15 is 0 Å². The molecule has 3 N–H and O–H groups in total. The third-order valence-electron chi connectivity index (χ3n) is 7.94. The smallest absolute Gasteiger partial charge is 0.169 e. The highest BCUT2D eigenvalue weighted by atomic mass is 32.1. The number of aliphatic imine (C=N–C) groups is 1. The Hall–Kier alpha value is -4.21. The number of aromatic amines is 2. The number of nitrogens with one attached hydrogen (secondary N) is 3. The van der Waals surface area contributed by atoms with E-state index in [0.717, 1.165) is 68.0 Å². The molecule has 5 heterocycles. The second-order valence-corrected chi connectivity index (χ2v) is 11.9. The fraction of sp³-hybridized carbons (Fsp3) is 0.281. The minimum absolute atomic E-state index is 0.0582. The van der Waals surface area contributed by atoms with E-state index in [1.54, 1.807) is 13.1 Å². The van der Waals surface area contributed by atoms with Gasteiger partial charge in [0.1, 0.15) is 5.52 Å². The van der Waals surface area contributed by atoms with Gasteiger partial charge in [-0.25, -0.2) is 9.97 Å². The molecule has 9 heteroatoms. The van der Waals surface area contributed by atoms with Crippen molar-refractivity contribution in [2.24, 2.45) is 10.9 Å². The molecular formula is C32H31N7OS. The second kappa shape index (κ2) is 11.0. The number of imidazole rings is 1. The molecule has 0 atom stereocenters. The number of H-pyrrole nitrogens is 2. The van der Waals surface area contributed by atoms with Gasteiger partial charge in [-0.1, -0.05) is 31.0 Å². The number of hydrogen-bond acceptors (Lipinski definition) is 7. The number of fused-ring (bicyclic) bond motifs is 2. The number of carbonyl (C=O) groups excluding carboxylic acids is 1. The van der Waals surface area contributed by atoms with Crippen LogP contribution in [-0.4, -0.2) is 43.7 Å². The lowest BCUT2D eigenvalue weighted by molar-refractivity contribution is 0.102. The Bertz CT molecular complexity index is 1800. The predicted molar refractivity (Wildman–Crippen MR) is 164 cm³/mol. The number of Topliss-reactive ketones (excluding diaryl/α,β-unsaturated/α-hetero) is 1. The number of aromatic nitrogens is 5. The van der Waals surface area contributed by atoms with Crippen LogP contribution in [0.25, 0.3) is 39.4 Å². The summed E-state index contributed by atoms with van der Waals surface area (Å²) in [4.78, 5) is 31.6. The van der Waals surface area contributed by atoms with E-state index < -0.39 is 0 Å². The first kappa shape index (κ1) is 25.7. The molecule has 1 saturated carbocycles. The maximum absolute atomic E-state index is 11.9. The van der Waals surface area contributed by atoms with Crippen molar-refractivity contribution in [3.63, 3.8) is 0 Å². The number of allylic oxidation sites excluding steroid dienone is 1. The van der Waals surface area contributed by atoms with E-state index in [0.29, 0.717) is 18.1 Å². The highest BCUT2D eigenvalue weighted by molar-refractivity contribution is 7.15. The van der Waals surface area contributed by atoms with Gasteiger partial charge in [0, 0.05) is 28.8 Å². The number of thiophene rings is 1. The Balaban J connectivity index is 1.18. The summed E-state index contributed by atoms with van der Waals surface area (Å²) in [5, 5.41) is 11.4. The van der Waals surface area contributed by atoms with E-state index in [4.69, 9.17) is 9.97 Å². The van der Waals surface area contributed by atoms with Crippen LogP contribution in [0.4, 0.5) is 0 Å². The Labute approximate surface area is 242 Å². The summed E-state index contributed by atoms with van der Waals surface area (Å²) in [5.74, 6) is 1.52. The van der Waals surface area contributed by atoms with Crippen LogP contribution >= 0.6 is 11.3 Å². The minimum Gasteiger partial charge on any atom is -0.338 e. The molecule has 7 rings (SSSR count). The third kappa shape index (κ3) is 5.18. The predicted octanol–water partition coefficient (Wildman–Crippen LogP) is 6.58. The normalized spacial score (nSPS) is 15.3. The second-order valence-electron chi connectivity index (χ2n) is 10.8. The number of carbonyl (C=O) groups is 1. The molecule has 0 bridgehead atoms. The molecule has 5 aromatic rings. The lowest BCUT2D eigenvalue weighted by atomic mass is 10.1. The van der Waals surface area contributed by atoms with Crippen molar-refractivity contribution in [2.75, 3.05) is 6.54 Å². The molecule has 1 aromatic carbocycles. The zero-order valence-corrected chi connectivity index (χ0v) is 23.7. The fourth-order valence-electron chi connectivity index (χ4n) is 5.78. The summed E-state index contributed by atoms with van der Waals surface area (Å²) in [6, 6.07) is 16.5. The van der Waals surface area contributed by atoms with Gasteiger partial charge < -0.3 is 10.3 Å². The molecule has 2 aliphatic rings. The van der Waals surface area contributed by atoms with Crippen molar-refractivity contribution >= 4 is 39.9 Å². The summed E-state index contributed by atoms with van der Waals surface area (Å²) < 4.78 is 0. The third-order valence-corrected chi connectivity index (χ3v) is 9.16. The molecular weight excluding hydrogens is 530 g/mol. The Morgan fingerprint density at radius 2 is 1.98 bits per heavy atom. The first-order chi connectivity index (χ1) is 20.1. The first-order valence-corrected chi connectivity index (χ1v) is 15.0. The van der Waals surface area contributed by atoms with E-state index in [-0.39, 0.29) is 5.78 Å². The number of nitrogens with zero attached hydrogens (tertiary/aromatic N) is 4. The van der Waals surface area contributed by atoms with Crippen LogP contribution < -0.4 is 5.32 Å². The van der Waals surface area contributed by atoms with Crippen molar-refractivity contribution in [1.82, 2.24) is 30.5 Å². The van der Waals surface area contributed by atoms with Crippen LogP contribution in [0.3, 0.4) is 0 Å². The van der Waals surface area contributed by atoms with Crippen LogP contribution in [0, 0.1) is 5.92 Å². The van der Waals surface area contributed by atoms with E-state index in [9.17, 15) is 4.79 Å². The number of benzene rings is 1. The SMILES string of the molecule is CC(=O)c1ccc(C2=CC=NCc3[nH]c(-c4n[nH]c5ccc(-c6cccc(CNCC7CCCC7)c6)nc45)nc32)s1. The van der Waals surface area contributed by atoms with Crippen LogP contribution in [0.2, 0.25) is 0 Å². The van der Waals surface area contributed by atoms with Gasteiger partial charge in [0.2, 0.25) is 0 Å². The Kier molecular flexibility index (Phi) is 6.90. The summed E-state index contributed by atoms with van der Waals surface area (Å²) >= 11 is 1.47. The molecule has 1 aliphatic heterocycles. The molecule has 206 valence electrons. The highest BCUT2D eigenvalue weighted by Gasteiger charge is 2.22. The van der Waals surface area contributed by atoms with Crippen molar-refractivity contribution in [3.05, 3.63) is 81.3 Å². The summed E-state index contributed by atoms with van der Waals surface area (Å²) in [6.45, 7) is 4.02. The average molecular weight is 562 g/mol. The average Bonchev–Trinajstić information content (AvgIpc) is 3.79. The van der Waals surface area contributed by atoms with E-state index in [1.165, 1.54) is 42.6 Å². The number of hydrogen-bond donors (Lipinski definition) is 3.